The number of aromatic nitrogens is 1. The van der Waals surface area contributed by atoms with E-state index in [2.05, 4.69) is 9.98 Å². The van der Waals surface area contributed by atoms with Gasteiger partial charge in [-0.3, -0.25) is 14.6 Å². The number of halogens is 2. The Morgan fingerprint density at radius 3 is 2.75 bits per heavy atom. The summed E-state index contributed by atoms with van der Waals surface area (Å²) >= 11 is 6.20. The maximum Gasteiger partial charge on any atom is 0.315 e. The van der Waals surface area contributed by atoms with E-state index in [1.807, 2.05) is 0 Å². The van der Waals surface area contributed by atoms with Crippen LogP contribution in [0.5, 0.6) is 0 Å². The lowest BCUT2D eigenvalue weighted by atomic mass is 9.76. The number of ether oxygens (including phenoxy) is 1. The molecule has 0 saturated carbocycles. The Labute approximate surface area is 142 Å². The fraction of sp³-hybridized carbons (Fsp3) is 0.235. The van der Waals surface area contributed by atoms with E-state index in [9.17, 15) is 14.0 Å². The molecule has 0 amide bonds. The molecule has 2 heterocycles. The topological polar surface area (TPSA) is 71.5 Å². The standard InChI is InChI=1S/C17H14ClFN2O3/c1-8-12(17(23)24-2)15(13-9(18)4-3-5-10(13)19)14-11(21-8)6-7-20-16(14)22/h3-7,12,15H,1-2H3,(H,20,22). The summed E-state index contributed by atoms with van der Waals surface area (Å²) < 4.78 is 19.4. The van der Waals surface area contributed by atoms with Crippen LogP contribution >= 0.6 is 11.6 Å². The minimum atomic E-state index is -0.930. The number of carbonyl (C=O) groups is 1. The van der Waals surface area contributed by atoms with Crippen LogP contribution in [0.2, 0.25) is 5.02 Å². The number of pyridine rings is 1. The first-order valence-corrected chi connectivity index (χ1v) is 7.62. The average Bonchev–Trinajstić information content (AvgIpc) is 2.53. The van der Waals surface area contributed by atoms with Gasteiger partial charge in [-0.2, -0.15) is 0 Å². The molecule has 5 nitrogen and oxygen atoms in total. The number of rotatable bonds is 2. The third kappa shape index (κ3) is 2.53. The van der Waals surface area contributed by atoms with Gasteiger partial charge in [-0.15, -0.1) is 0 Å². The van der Waals surface area contributed by atoms with Crippen LogP contribution in [0.4, 0.5) is 10.1 Å². The van der Waals surface area contributed by atoms with Crippen LogP contribution in [-0.4, -0.2) is 23.8 Å². The second-order valence-corrected chi connectivity index (χ2v) is 5.88. The van der Waals surface area contributed by atoms with Crippen LogP contribution in [0.1, 0.15) is 24.0 Å². The maximum atomic E-state index is 14.5. The van der Waals surface area contributed by atoms with Crippen molar-refractivity contribution in [2.75, 3.05) is 7.11 Å². The van der Waals surface area contributed by atoms with E-state index in [1.165, 1.54) is 31.5 Å². The van der Waals surface area contributed by atoms with E-state index < -0.39 is 29.2 Å². The summed E-state index contributed by atoms with van der Waals surface area (Å²) in [6.07, 6.45) is 1.45. The molecule has 2 unspecified atom stereocenters. The van der Waals surface area contributed by atoms with Crippen LogP contribution in [0, 0.1) is 11.7 Å². The molecule has 1 aliphatic rings. The number of H-pyrrole nitrogens is 1. The van der Waals surface area contributed by atoms with E-state index >= 15 is 0 Å². The van der Waals surface area contributed by atoms with Gasteiger partial charge >= 0.3 is 5.97 Å². The highest BCUT2D eigenvalue weighted by atomic mass is 35.5. The molecule has 0 bridgehead atoms. The lowest BCUT2D eigenvalue weighted by molar-refractivity contribution is -0.143. The van der Waals surface area contributed by atoms with E-state index in [-0.39, 0.29) is 16.1 Å². The molecule has 1 N–H and O–H groups in total. The van der Waals surface area contributed by atoms with Crippen molar-refractivity contribution in [2.45, 2.75) is 12.8 Å². The van der Waals surface area contributed by atoms with Gasteiger partial charge in [0.1, 0.15) is 11.7 Å². The van der Waals surface area contributed by atoms with Gasteiger partial charge in [0.05, 0.1) is 18.4 Å². The van der Waals surface area contributed by atoms with Crippen LogP contribution in [-0.2, 0) is 9.53 Å². The van der Waals surface area contributed by atoms with Crippen LogP contribution in [0.15, 0.2) is 40.2 Å². The number of benzene rings is 1. The number of aromatic amines is 1. The predicted octanol–water partition coefficient (Wildman–Crippen LogP) is 3.19. The molecule has 7 heteroatoms. The van der Waals surface area contributed by atoms with Crippen molar-refractivity contribution in [2.24, 2.45) is 10.9 Å². The van der Waals surface area contributed by atoms with Gasteiger partial charge in [-0.25, -0.2) is 4.39 Å². The number of hydrogen-bond acceptors (Lipinski definition) is 4. The summed E-state index contributed by atoms with van der Waals surface area (Å²) in [5.41, 5.74) is 0.666. The van der Waals surface area contributed by atoms with Crippen LogP contribution in [0.3, 0.4) is 0 Å². The Morgan fingerprint density at radius 1 is 1.33 bits per heavy atom. The Balaban J connectivity index is 2.36. The molecule has 1 aliphatic heterocycles. The lowest BCUT2D eigenvalue weighted by Crippen LogP contribution is -2.36. The number of carbonyl (C=O) groups excluding carboxylic acids is 1. The molecule has 0 radical (unpaired) electrons. The zero-order valence-corrected chi connectivity index (χ0v) is 13.7. The van der Waals surface area contributed by atoms with Crippen molar-refractivity contribution in [3.63, 3.8) is 0 Å². The molecule has 2 aromatic rings. The first-order chi connectivity index (χ1) is 11.5. The largest absolute Gasteiger partial charge is 0.468 e. The number of nitrogens with one attached hydrogen (secondary N) is 1. The van der Waals surface area contributed by atoms with Gasteiger partial charge in [-0.05, 0) is 25.1 Å². The summed E-state index contributed by atoms with van der Waals surface area (Å²) in [6, 6.07) is 5.84. The van der Waals surface area contributed by atoms with Crippen molar-refractivity contribution < 1.29 is 13.9 Å². The molecule has 0 spiro atoms. The van der Waals surface area contributed by atoms with Crippen molar-refractivity contribution in [1.82, 2.24) is 4.98 Å². The van der Waals surface area contributed by atoms with Crippen molar-refractivity contribution in [1.29, 1.82) is 0 Å². The fourth-order valence-corrected chi connectivity index (χ4v) is 3.38. The van der Waals surface area contributed by atoms with Gasteiger partial charge in [-0.1, -0.05) is 17.7 Å². The molecule has 1 aromatic heterocycles. The molecule has 24 heavy (non-hydrogen) atoms. The van der Waals surface area contributed by atoms with Gasteiger partial charge in [0.25, 0.3) is 5.56 Å². The summed E-state index contributed by atoms with van der Waals surface area (Å²) in [7, 11) is 1.24. The number of esters is 1. The zero-order valence-electron chi connectivity index (χ0n) is 13.0. The Morgan fingerprint density at radius 2 is 2.08 bits per heavy atom. The summed E-state index contributed by atoms with van der Waals surface area (Å²) in [5.74, 6) is -3.04. The van der Waals surface area contributed by atoms with E-state index in [1.54, 1.807) is 13.0 Å². The molecular weight excluding hydrogens is 335 g/mol. The maximum absolute atomic E-state index is 14.5. The highest BCUT2D eigenvalue weighted by Crippen LogP contribution is 2.43. The minimum Gasteiger partial charge on any atom is -0.468 e. The second-order valence-electron chi connectivity index (χ2n) is 5.47. The van der Waals surface area contributed by atoms with Crippen molar-refractivity contribution >= 4 is 29.0 Å². The molecule has 0 fully saturated rings. The Bertz CT molecular complexity index is 887. The number of fused-ring (bicyclic) bond motifs is 1. The zero-order chi connectivity index (χ0) is 17.4. The third-order valence-electron chi connectivity index (χ3n) is 4.13. The average molecular weight is 349 g/mol. The van der Waals surface area contributed by atoms with Gasteiger partial charge in [0.15, 0.2) is 0 Å². The molecular formula is C17H14ClFN2O3. The quantitative estimate of drug-likeness (QED) is 0.847. The van der Waals surface area contributed by atoms with Gasteiger partial charge in [0, 0.05) is 28.4 Å². The van der Waals surface area contributed by atoms with Gasteiger partial charge < -0.3 is 9.72 Å². The number of methoxy groups -OCH3 is 1. The first-order valence-electron chi connectivity index (χ1n) is 7.24. The number of nitrogens with zero attached hydrogens (tertiary/aromatic N) is 1. The van der Waals surface area contributed by atoms with E-state index in [0.717, 1.165) is 0 Å². The lowest BCUT2D eigenvalue weighted by Gasteiger charge is -2.30. The molecule has 0 saturated heterocycles. The van der Waals surface area contributed by atoms with Crippen molar-refractivity contribution in [3.05, 3.63) is 62.8 Å². The summed E-state index contributed by atoms with van der Waals surface area (Å²) in [5, 5.41) is 0.137. The molecule has 0 aliphatic carbocycles. The fourth-order valence-electron chi connectivity index (χ4n) is 3.10. The number of aliphatic imine (C=N–C) groups is 1. The molecule has 3 rings (SSSR count). The smallest absolute Gasteiger partial charge is 0.315 e. The highest BCUT2D eigenvalue weighted by Gasteiger charge is 2.42. The van der Waals surface area contributed by atoms with Crippen LogP contribution in [0.25, 0.3) is 0 Å². The summed E-state index contributed by atoms with van der Waals surface area (Å²) in [4.78, 5) is 31.6. The third-order valence-corrected chi connectivity index (χ3v) is 4.46. The SMILES string of the molecule is COC(=O)C1C(C)=Nc2cc[nH]c(=O)c2C1c1c(F)cccc1Cl. The van der Waals surface area contributed by atoms with Gasteiger partial charge in [0.2, 0.25) is 0 Å². The van der Waals surface area contributed by atoms with Crippen molar-refractivity contribution in [3.8, 4) is 0 Å². The minimum absolute atomic E-state index is 0.0850. The van der Waals surface area contributed by atoms with E-state index in [0.29, 0.717) is 11.4 Å². The normalized spacial score (nSPS) is 19.4. The van der Waals surface area contributed by atoms with E-state index in [4.69, 9.17) is 16.3 Å². The number of hydrogen-bond donors (Lipinski definition) is 1. The predicted molar refractivity (Wildman–Crippen MR) is 88.6 cm³/mol. The summed E-state index contributed by atoms with van der Waals surface area (Å²) in [6.45, 7) is 1.65. The van der Waals surface area contributed by atoms with Crippen LogP contribution < -0.4 is 5.56 Å². The highest BCUT2D eigenvalue weighted by molar-refractivity contribution is 6.31. The first kappa shape index (κ1) is 16.4. The molecule has 1 aromatic carbocycles. The Kier molecular flexibility index (Phi) is 4.24. The molecule has 124 valence electrons. The second kappa shape index (κ2) is 6.20. The monoisotopic (exact) mass is 348 g/mol. The molecule has 2 atom stereocenters. The Hall–Kier alpha value is -2.47.